The summed E-state index contributed by atoms with van der Waals surface area (Å²) < 4.78 is 11.1. The van der Waals surface area contributed by atoms with Gasteiger partial charge in [-0.1, -0.05) is 24.3 Å². The Morgan fingerprint density at radius 2 is 1.62 bits per heavy atom. The highest BCUT2D eigenvalue weighted by atomic mass is 16.5. The van der Waals surface area contributed by atoms with Gasteiger partial charge in [0, 0.05) is 66.1 Å². The van der Waals surface area contributed by atoms with E-state index in [9.17, 15) is 4.79 Å². The van der Waals surface area contributed by atoms with Gasteiger partial charge in [-0.15, -0.1) is 0 Å². The number of amides is 1. The third kappa shape index (κ3) is 4.98. The van der Waals surface area contributed by atoms with Crippen LogP contribution in [0.2, 0.25) is 0 Å². The van der Waals surface area contributed by atoms with Gasteiger partial charge in [-0.2, -0.15) is 0 Å². The van der Waals surface area contributed by atoms with Crippen molar-refractivity contribution in [3.05, 3.63) is 91.0 Å². The zero-order valence-corrected chi connectivity index (χ0v) is 21.7. The maximum Gasteiger partial charge on any atom is 0.236 e. The van der Waals surface area contributed by atoms with Gasteiger partial charge in [0.15, 0.2) is 0 Å². The maximum absolute atomic E-state index is 13.8. The number of carbonyl (C=O) groups is 1. The number of hydrogen-bond donors (Lipinski definition) is 2. The van der Waals surface area contributed by atoms with Crippen LogP contribution >= 0.6 is 0 Å². The van der Waals surface area contributed by atoms with Crippen LogP contribution in [0.15, 0.2) is 85.5 Å². The van der Waals surface area contributed by atoms with Gasteiger partial charge < -0.3 is 19.8 Å². The van der Waals surface area contributed by atoms with E-state index in [-0.39, 0.29) is 5.91 Å². The molecule has 0 unspecified atom stereocenters. The number of carbonyl (C=O) groups excluding carboxylic acids is 1. The Morgan fingerprint density at radius 3 is 2.31 bits per heavy atom. The summed E-state index contributed by atoms with van der Waals surface area (Å²) in [6.45, 7) is 3.55. The van der Waals surface area contributed by atoms with Crippen LogP contribution < -0.4 is 10.1 Å². The van der Waals surface area contributed by atoms with E-state index >= 15 is 0 Å². The summed E-state index contributed by atoms with van der Waals surface area (Å²) in [5.41, 5.74) is 5.07. The molecule has 5 heterocycles. The summed E-state index contributed by atoms with van der Waals surface area (Å²) in [6.07, 6.45) is 8.46. The molecule has 1 saturated heterocycles. The van der Waals surface area contributed by atoms with Crippen molar-refractivity contribution in [1.29, 1.82) is 0 Å². The summed E-state index contributed by atoms with van der Waals surface area (Å²) in [7, 11) is 0. The number of H-pyrrole nitrogens is 1. The zero-order chi connectivity index (χ0) is 26.7. The molecule has 1 aliphatic heterocycles. The SMILES string of the molecule is CCOc1ccc(-c2ccc(NC(=O)C3(c4ccc(-c5cnc6[nH]ccc6c5)cc4)CCOCC3)nc2)cn1. The molecule has 0 atom stereocenters. The lowest BCUT2D eigenvalue weighted by molar-refractivity contribution is -0.125. The zero-order valence-electron chi connectivity index (χ0n) is 21.7. The first-order valence-corrected chi connectivity index (χ1v) is 13.1. The lowest BCUT2D eigenvalue weighted by Gasteiger charge is -2.36. The van der Waals surface area contributed by atoms with Crippen molar-refractivity contribution in [2.45, 2.75) is 25.2 Å². The summed E-state index contributed by atoms with van der Waals surface area (Å²) in [5.74, 6) is 1.03. The number of ether oxygens (including phenoxy) is 2. The average molecular weight is 520 g/mol. The van der Waals surface area contributed by atoms with Crippen LogP contribution in [-0.4, -0.2) is 45.7 Å². The molecule has 0 saturated carbocycles. The highest BCUT2D eigenvalue weighted by Crippen LogP contribution is 2.37. The number of anilines is 1. The number of pyridine rings is 3. The van der Waals surface area contributed by atoms with Gasteiger partial charge >= 0.3 is 0 Å². The molecular weight excluding hydrogens is 490 g/mol. The van der Waals surface area contributed by atoms with Crippen LogP contribution in [0.3, 0.4) is 0 Å². The monoisotopic (exact) mass is 519 g/mol. The first-order valence-electron chi connectivity index (χ1n) is 13.1. The van der Waals surface area contributed by atoms with Gasteiger partial charge in [0.25, 0.3) is 0 Å². The number of fused-ring (bicyclic) bond motifs is 1. The van der Waals surface area contributed by atoms with Crippen molar-refractivity contribution in [2.75, 3.05) is 25.1 Å². The molecule has 4 aromatic heterocycles. The molecule has 5 aromatic rings. The lowest BCUT2D eigenvalue weighted by Crippen LogP contribution is -2.45. The van der Waals surface area contributed by atoms with Gasteiger partial charge in [-0.25, -0.2) is 15.0 Å². The van der Waals surface area contributed by atoms with Gasteiger partial charge in [-0.05, 0) is 61.2 Å². The van der Waals surface area contributed by atoms with Crippen molar-refractivity contribution in [3.63, 3.8) is 0 Å². The molecule has 8 nitrogen and oxygen atoms in total. The van der Waals surface area contributed by atoms with Crippen molar-refractivity contribution in [1.82, 2.24) is 19.9 Å². The molecule has 1 fully saturated rings. The Morgan fingerprint density at radius 1 is 0.897 bits per heavy atom. The van der Waals surface area contributed by atoms with E-state index in [0.717, 1.165) is 38.9 Å². The highest BCUT2D eigenvalue weighted by Gasteiger charge is 2.42. The first kappa shape index (κ1) is 24.8. The minimum Gasteiger partial charge on any atom is -0.478 e. The number of rotatable bonds is 7. The molecule has 196 valence electrons. The van der Waals surface area contributed by atoms with Crippen molar-refractivity contribution >= 4 is 22.8 Å². The molecule has 0 radical (unpaired) electrons. The third-order valence-corrected chi connectivity index (χ3v) is 7.32. The normalized spacial score (nSPS) is 14.7. The standard InChI is InChI=1S/C31H29N5O3/c1-2-39-28-10-6-24(19-34-28)23-5-9-27(33-18-23)36-30(37)31(12-15-38-16-13-31)26-7-3-21(4-8-26)25-17-22-11-14-32-29(22)35-20-25/h3-11,14,17-20H,2,12-13,15-16H2,1H3,(H,32,35)(H,33,36,37). The van der Waals surface area contributed by atoms with Crippen LogP contribution in [0.25, 0.3) is 33.3 Å². The molecule has 0 bridgehead atoms. The number of nitrogens with one attached hydrogen (secondary N) is 2. The molecule has 8 heteroatoms. The molecule has 2 N–H and O–H groups in total. The quantitative estimate of drug-likeness (QED) is 0.283. The maximum atomic E-state index is 13.8. The molecular formula is C31H29N5O3. The summed E-state index contributed by atoms with van der Waals surface area (Å²) in [4.78, 5) is 30.2. The number of benzene rings is 1. The highest BCUT2D eigenvalue weighted by molar-refractivity contribution is 5.99. The first-order chi connectivity index (χ1) is 19.1. The molecule has 0 spiro atoms. The number of aromatic nitrogens is 4. The van der Waals surface area contributed by atoms with Crippen molar-refractivity contribution in [3.8, 4) is 28.1 Å². The van der Waals surface area contributed by atoms with Gasteiger partial charge in [-0.3, -0.25) is 4.79 Å². The predicted molar refractivity (Wildman–Crippen MR) is 151 cm³/mol. The largest absolute Gasteiger partial charge is 0.478 e. The topological polar surface area (TPSA) is 102 Å². The Kier molecular flexibility index (Phi) is 6.77. The molecule has 1 amide bonds. The lowest BCUT2D eigenvalue weighted by atomic mass is 9.73. The number of nitrogens with zero attached hydrogens (tertiary/aromatic N) is 3. The molecule has 1 aliphatic rings. The fraction of sp³-hybridized carbons (Fsp3) is 0.226. The van der Waals surface area contributed by atoms with Crippen LogP contribution in [0, 0.1) is 0 Å². The minimum atomic E-state index is -0.695. The van der Waals surface area contributed by atoms with Crippen molar-refractivity contribution < 1.29 is 14.3 Å². The molecule has 0 aliphatic carbocycles. The molecule has 39 heavy (non-hydrogen) atoms. The fourth-order valence-electron chi connectivity index (χ4n) is 5.10. The molecule has 6 rings (SSSR count). The summed E-state index contributed by atoms with van der Waals surface area (Å²) >= 11 is 0. The summed E-state index contributed by atoms with van der Waals surface area (Å²) in [6, 6.07) is 19.9. The Labute approximate surface area is 226 Å². The van der Waals surface area contributed by atoms with Crippen LogP contribution in [0.1, 0.15) is 25.3 Å². The Bertz CT molecular complexity index is 1570. The molecule has 1 aromatic carbocycles. The van der Waals surface area contributed by atoms with E-state index in [2.05, 4.69) is 55.6 Å². The minimum absolute atomic E-state index is 0.0723. The van der Waals surface area contributed by atoms with E-state index in [1.54, 1.807) is 12.4 Å². The van der Waals surface area contributed by atoms with Crippen LogP contribution in [-0.2, 0) is 14.9 Å². The second-order valence-corrected chi connectivity index (χ2v) is 9.62. The van der Waals surface area contributed by atoms with E-state index in [1.807, 2.05) is 49.6 Å². The second kappa shape index (κ2) is 10.7. The van der Waals surface area contributed by atoms with Crippen LogP contribution in [0.4, 0.5) is 5.82 Å². The fourth-order valence-corrected chi connectivity index (χ4v) is 5.10. The van der Waals surface area contributed by atoms with Crippen molar-refractivity contribution in [2.24, 2.45) is 0 Å². The number of hydrogen-bond acceptors (Lipinski definition) is 6. The Balaban J connectivity index is 1.21. The van der Waals surface area contributed by atoms with Gasteiger partial charge in [0.05, 0.1) is 12.0 Å². The van der Waals surface area contributed by atoms with E-state index in [1.165, 1.54) is 0 Å². The van der Waals surface area contributed by atoms with Gasteiger partial charge in [0.2, 0.25) is 11.8 Å². The van der Waals surface area contributed by atoms with E-state index < -0.39 is 5.41 Å². The Hall–Kier alpha value is -4.56. The van der Waals surface area contributed by atoms with E-state index in [4.69, 9.17) is 9.47 Å². The van der Waals surface area contributed by atoms with E-state index in [0.29, 0.717) is 44.4 Å². The third-order valence-electron chi connectivity index (χ3n) is 7.32. The average Bonchev–Trinajstić information content (AvgIpc) is 3.47. The summed E-state index contributed by atoms with van der Waals surface area (Å²) in [5, 5.41) is 4.13. The number of aromatic amines is 1. The predicted octanol–water partition coefficient (Wildman–Crippen LogP) is 5.77. The smallest absolute Gasteiger partial charge is 0.236 e. The van der Waals surface area contributed by atoms with Crippen LogP contribution in [0.5, 0.6) is 5.88 Å². The van der Waals surface area contributed by atoms with Gasteiger partial charge in [0.1, 0.15) is 11.5 Å². The second-order valence-electron chi connectivity index (χ2n) is 9.62.